The first-order chi connectivity index (χ1) is 10.1. The number of benzene rings is 1. The molecule has 0 saturated heterocycles. The second kappa shape index (κ2) is 6.53. The average Bonchev–Trinajstić information content (AvgIpc) is 2.50. The van der Waals surface area contributed by atoms with Crippen LogP contribution in [0, 0.1) is 0 Å². The summed E-state index contributed by atoms with van der Waals surface area (Å²) in [7, 11) is -3.66. The van der Waals surface area contributed by atoms with E-state index in [1.165, 1.54) is 16.7 Å². The van der Waals surface area contributed by atoms with Crippen molar-refractivity contribution in [1.82, 2.24) is 9.97 Å². The fourth-order valence-electron chi connectivity index (χ4n) is 1.91. The Balaban J connectivity index is 2.35. The third-order valence-corrected chi connectivity index (χ3v) is 4.74. The molecular formula is C14H18N4O2S. The highest BCUT2D eigenvalue weighted by Gasteiger charge is 2.24. The molecule has 0 unspecified atom stereocenters. The van der Waals surface area contributed by atoms with Gasteiger partial charge in [-0.25, -0.2) is 18.4 Å². The smallest absolute Gasteiger partial charge is 0.267 e. The van der Waals surface area contributed by atoms with E-state index in [9.17, 15) is 8.42 Å². The number of nitrogens with one attached hydrogen (secondary N) is 1. The van der Waals surface area contributed by atoms with E-state index in [1.807, 2.05) is 13.0 Å². The lowest BCUT2D eigenvalue weighted by atomic mass is 10.3. The highest BCUT2D eigenvalue weighted by Crippen LogP contribution is 2.22. The molecule has 0 amide bonds. The van der Waals surface area contributed by atoms with E-state index >= 15 is 0 Å². The highest BCUT2D eigenvalue weighted by atomic mass is 32.2. The lowest BCUT2D eigenvalue weighted by Crippen LogP contribution is -2.31. The van der Waals surface area contributed by atoms with Gasteiger partial charge in [0.15, 0.2) is 0 Å². The second-order valence-corrected chi connectivity index (χ2v) is 6.14. The summed E-state index contributed by atoms with van der Waals surface area (Å²) in [5.41, 5.74) is 0.621. The summed E-state index contributed by atoms with van der Waals surface area (Å²) in [5, 5.41) is 2.93. The highest BCUT2D eigenvalue weighted by molar-refractivity contribution is 7.92. The minimum absolute atomic E-state index is 0.0786. The van der Waals surface area contributed by atoms with E-state index in [4.69, 9.17) is 0 Å². The van der Waals surface area contributed by atoms with Gasteiger partial charge in [-0.2, -0.15) is 0 Å². The number of para-hydroxylation sites is 1. The molecule has 0 radical (unpaired) electrons. The molecule has 2 rings (SSSR count). The van der Waals surface area contributed by atoms with E-state index < -0.39 is 10.0 Å². The monoisotopic (exact) mass is 306 g/mol. The van der Waals surface area contributed by atoms with Gasteiger partial charge in [-0.05, 0) is 26.0 Å². The Hall–Kier alpha value is -2.15. The molecule has 1 heterocycles. The molecule has 7 heteroatoms. The minimum atomic E-state index is -3.66. The van der Waals surface area contributed by atoms with E-state index in [2.05, 4.69) is 15.3 Å². The molecule has 112 valence electrons. The third-order valence-electron chi connectivity index (χ3n) is 2.88. The summed E-state index contributed by atoms with van der Waals surface area (Å²) in [4.78, 5) is 8.11. The average molecular weight is 306 g/mol. The maximum absolute atomic E-state index is 12.7. The van der Waals surface area contributed by atoms with Gasteiger partial charge in [-0.15, -0.1) is 0 Å². The van der Waals surface area contributed by atoms with Crippen LogP contribution >= 0.6 is 0 Å². The molecule has 0 saturated carbocycles. The first-order valence-electron chi connectivity index (χ1n) is 6.73. The van der Waals surface area contributed by atoms with E-state index in [0.29, 0.717) is 24.7 Å². The molecule has 0 aliphatic carbocycles. The fourth-order valence-corrected chi connectivity index (χ4v) is 3.28. The summed E-state index contributed by atoms with van der Waals surface area (Å²) in [6.45, 7) is 4.72. The van der Waals surface area contributed by atoms with Gasteiger partial charge < -0.3 is 5.32 Å². The van der Waals surface area contributed by atoms with Crippen LogP contribution in [0.5, 0.6) is 0 Å². The Morgan fingerprint density at radius 2 is 1.71 bits per heavy atom. The largest absolute Gasteiger partial charge is 0.355 e. The Morgan fingerprint density at radius 1 is 1.10 bits per heavy atom. The zero-order chi connectivity index (χ0) is 15.3. The Bertz CT molecular complexity index is 672. The first kappa shape index (κ1) is 15.2. The molecule has 1 N–H and O–H groups in total. The summed E-state index contributed by atoms with van der Waals surface area (Å²) in [6.07, 6.45) is 2.65. The molecule has 1 aromatic carbocycles. The predicted octanol–water partition coefficient (Wildman–Crippen LogP) is 2.12. The number of nitrogens with zero attached hydrogens (tertiary/aromatic N) is 3. The molecule has 0 aliphatic heterocycles. The topological polar surface area (TPSA) is 75.2 Å². The Morgan fingerprint density at radius 3 is 2.24 bits per heavy atom. The Kier molecular flexibility index (Phi) is 4.74. The molecule has 0 fully saturated rings. The summed E-state index contributed by atoms with van der Waals surface area (Å²) in [6, 6.07) is 8.97. The van der Waals surface area contributed by atoms with Crippen LogP contribution in [0.2, 0.25) is 0 Å². The molecule has 1 aromatic heterocycles. The zero-order valence-corrected chi connectivity index (χ0v) is 12.8. The lowest BCUT2D eigenvalue weighted by Gasteiger charge is -2.22. The van der Waals surface area contributed by atoms with E-state index in [1.54, 1.807) is 31.2 Å². The standard InChI is InChI=1S/C14H18N4O2S/c1-3-15-14-16-10-13(11-17-14)21(19,20)18(4-2)12-8-6-5-7-9-12/h5-11H,3-4H2,1-2H3,(H,15,16,17). The quantitative estimate of drug-likeness (QED) is 0.885. The van der Waals surface area contributed by atoms with Crippen LogP contribution in [0.3, 0.4) is 0 Å². The number of sulfonamides is 1. The van der Waals surface area contributed by atoms with Crippen molar-refractivity contribution in [1.29, 1.82) is 0 Å². The molecule has 2 aromatic rings. The van der Waals surface area contributed by atoms with Crippen molar-refractivity contribution in [2.75, 3.05) is 22.7 Å². The van der Waals surface area contributed by atoms with Gasteiger partial charge in [0.2, 0.25) is 5.95 Å². The van der Waals surface area contributed by atoms with Crippen molar-refractivity contribution < 1.29 is 8.42 Å². The maximum Gasteiger partial charge on any atom is 0.267 e. The molecule has 0 spiro atoms. The minimum Gasteiger partial charge on any atom is -0.355 e. The number of aromatic nitrogens is 2. The fraction of sp³-hybridized carbons (Fsp3) is 0.286. The van der Waals surface area contributed by atoms with Gasteiger partial charge in [0.05, 0.1) is 18.1 Å². The van der Waals surface area contributed by atoms with Crippen LogP contribution in [0.15, 0.2) is 47.6 Å². The van der Waals surface area contributed by atoms with Crippen molar-refractivity contribution in [3.63, 3.8) is 0 Å². The van der Waals surface area contributed by atoms with Crippen molar-refractivity contribution in [2.24, 2.45) is 0 Å². The van der Waals surface area contributed by atoms with Crippen LogP contribution in [0.25, 0.3) is 0 Å². The van der Waals surface area contributed by atoms with Gasteiger partial charge in [-0.1, -0.05) is 18.2 Å². The van der Waals surface area contributed by atoms with Gasteiger partial charge in [0.25, 0.3) is 10.0 Å². The normalized spacial score (nSPS) is 11.1. The summed E-state index contributed by atoms with van der Waals surface area (Å²) >= 11 is 0. The number of hydrogen-bond donors (Lipinski definition) is 1. The predicted molar refractivity (Wildman–Crippen MR) is 82.8 cm³/mol. The summed E-state index contributed by atoms with van der Waals surface area (Å²) in [5.74, 6) is 0.416. The first-order valence-corrected chi connectivity index (χ1v) is 8.17. The van der Waals surface area contributed by atoms with Crippen LogP contribution in [0.4, 0.5) is 11.6 Å². The SMILES string of the molecule is CCNc1ncc(S(=O)(=O)N(CC)c2ccccc2)cn1. The molecule has 0 bridgehead atoms. The van der Waals surface area contributed by atoms with Crippen LogP contribution in [-0.2, 0) is 10.0 Å². The van der Waals surface area contributed by atoms with Crippen LogP contribution in [-0.4, -0.2) is 31.5 Å². The van der Waals surface area contributed by atoms with Crippen molar-refractivity contribution in [2.45, 2.75) is 18.7 Å². The molecular weight excluding hydrogens is 288 g/mol. The van der Waals surface area contributed by atoms with Crippen molar-refractivity contribution >= 4 is 21.7 Å². The molecule has 6 nitrogen and oxygen atoms in total. The van der Waals surface area contributed by atoms with Crippen LogP contribution < -0.4 is 9.62 Å². The van der Waals surface area contributed by atoms with Crippen molar-refractivity contribution in [3.8, 4) is 0 Å². The maximum atomic E-state index is 12.7. The van der Waals surface area contributed by atoms with E-state index in [0.717, 1.165) is 0 Å². The second-order valence-electron chi connectivity index (χ2n) is 4.28. The summed E-state index contributed by atoms with van der Waals surface area (Å²) < 4.78 is 26.6. The Labute approximate surface area is 124 Å². The van der Waals surface area contributed by atoms with E-state index in [-0.39, 0.29) is 4.90 Å². The number of hydrogen-bond acceptors (Lipinski definition) is 5. The molecule has 0 aliphatic rings. The van der Waals surface area contributed by atoms with Gasteiger partial charge in [0, 0.05) is 13.1 Å². The van der Waals surface area contributed by atoms with Gasteiger partial charge in [0.1, 0.15) is 4.90 Å². The molecule has 0 atom stereocenters. The lowest BCUT2D eigenvalue weighted by molar-refractivity contribution is 0.591. The van der Waals surface area contributed by atoms with Gasteiger partial charge >= 0.3 is 0 Å². The molecule has 21 heavy (non-hydrogen) atoms. The third kappa shape index (κ3) is 3.30. The zero-order valence-electron chi connectivity index (χ0n) is 12.0. The number of anilines is 2. The van der Waals surface area contributed by atoms with Crippen molar-refractivity contribution in [3.05, 3.63) is 42.7 Å². The van der Waals surface area contributed by atoms with Crippen LogP contribution in [0.1, 0.15) is 13.8 Å². The number of rotatable bonds is 6. The van der Waals surface area contributed by atoms with Gasteiger partial charge in [-0.3, -0.25) is 4.31 Å².